The van der Waals surface area contributed by atoms with Crippen molar-refractivity contribution in [3.05, 3.63) is 44.7 Å². The number of thiazole rings is 1. The van der Waals surface area contributed by atoms with Crippen molar-refractivity contribution in [3.63, 3.8) is 0 Å². The fourth-order valence-corrected chi connectivity index (χ4v) is 2.52. The van der Waals surface area contributed by atoms with E-state index >= 15 is 0 Å². The van der Waals surface area contributed by atoms with Crippen LogP contribution in [0.2, 0.25) is 0 Å². The van der Waals surface area contributed by atoms with Gasteiger partial charge in [0.25, 0.3) is 5.91 Å². The Balaban J connectivity index is 2.56. The molecule has 1 amide bonds. The monoisotopic (exact) mass is 430 g/mol. The van der Waals surface area contributed by atoms with Crippen molar-refractivity contribution >= 4 is 22.9 Å². The number of nitrogens with zero attached hydrogens (tertiary/aromatic N) is 1. The Hall–Kier alpha value is -2.45. The Labute approximate surface area is 144 Å². The fourth-order valence-electron chi connectivity index (χ4n) is 1.67. The van der Waals surface area contributed by atoms with Crippen LogP contribution in [0.25, 0.3) is 0 Å². The Kier molecular flexibility index (Phi) is 5.11. The zero-order valence-corrected chi connectivity index (χ0v) is 12.7. The average Bonchev–Trinajstić information content (AvgIpc) is 3.01. The second kappa shape index (κ2) is 6.61. The molecule has 0 aliphatic carbocycles. The topological polar surface area (TPSA) is 42.0 Å². The standard InChI is InChI=1S/C12HF11N2OS/c13-1-2(14)4(16)6(5(17)3(1)15)24-9(26)7-8(11(18,19)20)25-10(27-7)12(21,22)23/h(H,24,26). The van der Waals surface area contributed by atoms with Crippen molar-refractivity contribution < 1.29 is 53.1 Å². The summed E-state index contributed by atoms with van der Waals surface area (Å²) < 4.78 is 142. The van der Waals surface area contributed by atoms with E-state index in [1.807, 2.05) is 0 Å². The quantitative estimate of drug-likeness (QED) is 0.408. The summed E-state index contributed by atoms with van der Waals surface area (Å²) in [5.74, 6) is -15.1. The second-order valence-electron chi connectivity index (χ2n) is 4.59. The molecular formula is C12HF11N2OS. The molecule has 0 bridgehead atoms. The van der Waals surface area contributed by atoms with Gasteiger partial charge in [-0.05, 0) is 0 Å². The van der Waals surface area contributed by atoms with Gasteiger partial charge in [-0.2, -0.15) is 26.3 Å². The molecule has 1 heterocycles. The normalized spacial score (nSPS) is 12.4. The van der Waals surface area contributed by atoms with Crippen LogP contribution in [-0.2, 0) is 12.4 Å². The number of benzene rings is 1. The predicted octanol–water partition coefficient (Wildman–Crippen LogP) is 5.13. The average molecular weight is 430 g/mol. The largest absolute Gasteiger partial charge is 0.443 e. The highest BCUT2D eigenvalue weighted by atomic mass is 32.1. The molecule has 0 spiro atoms. The maximum absolute atomic E-state index is 13.5. The molecule has 2 rings (SSSR count). The lowest BCUT2D eigenvalue weighted by molar-refractivity contribution is -0.147. The minimum atomic E-state index is -5.58. The van der Waals surface area contributed by atoms with Crippen LogP contribution in [0.15, 0.2) is 0 Å². The second-order valence-corrected chi connectivity index (χ2v) is 5.59. The van der Waals surface area contributed by atoms with E-state index < -0.39 is 79.9 Å². The highest BCUT2D eigenvalue weighted by Gasteiger charge is 2.45. The third kappa shape index (κ3) is 3.81. The van der Waals surface area contributed by atoms with Crippen LogP contribution in [-0.4, -0.2) is 10.9 Å². The van der Waals surface area contributed by atoms with Crippen molar-refractivity contribution in [3.8, 4) is 0 Å². The van der Waals surface area contributed by atoms with E-state index in [0.717, 1.165) is 5.32 Å². The first kappa shape index (κ1) is 20.9. The van der Waals surface area contributed by atoms with Crippen LogP contribution in [0.1, 0.15) is 20.4 Å². The number of halogens is 11. The molecule has 0 saturated heterocycles. The van der Waals surface area contributed by atoms with Crippen LogP contribution < -0.4 is 5.32 Å². The van der Waals surface area contributed by atoms with Gasteiger partial charge in [-0.1, -0.05) is 0 Å². The number of rotatable bonds is 2. The summed E-state index contributed by atoms with van der Waals surface area (Å²) in [7, 11) is 0. The number of aromatic nitrogens is 1. The van der Waals surface area contributed by atoms with Gasteiger partial charge in [-0.25, -0.2) is 26.9 Å². The summed E-state index contributed by atoms with van der Waals surface area (Å²) in [5, 5.41) is -1.17. The van der Waals surface area contributed by atoms with Gasteiger partial charge < -0.3 is 5.32 Å². The molecule has 0 aliphatic heterocycles. The number of hydrogen-bond donors (Lipinski definition) is 1. The van der Waals surface area contributed by atoms with Gasteiger partial charge in [0.2, 0.25) is 5.82 Å². The molecule has 1 aromatic carbocycles. The van der Waals surface area contributed by atoms with Gasteiger partial charge in [-0.3, -0.25) is 4.79 Å². The van der Waals surface area contributed by atoms with E-state index in [1.165, 1.54) is 0 Å². The highest BCUT2D eigenvalue weighted by molar-refractivity contribution is 7.14. The summed E-state index contributed by atoms with van der Waals surface area (Å²) in [6.45, 7) is 0. The number of amides is 1. The molecule has 0 saturated carbocycles. The lowest BCUT2D eigenvalue weighted by Crippen LogP contribution is -2.20. The summed E-state index contributed by atoms with van der Waals surface area (Å²) >= 11 is -0.831. The zero-order valence-electron chi connectivity index (χ0n) is 11.9. The van der Waals surface area contributed by atoms with Gasteiger partial charge in [0.1, 0.15) is 10.6 Å². The Bertz CT molecular complexity index is 887. The molecule has 27 heavy (non-hydrogen) atoms. The molecule has 148 valence electrons. The molecular weight excluding hydrogens is 429 g/mol. The maximum atomic E-state index is 13.5. The smallest absolute Gasteiger partial charge is 0.316 e. The Morgan fingerprint density at radius 1 is 0.778 bits per heavy atom. The maximum Gasteiger partial charge on any atom is 0.443 e. The van der Waals surface area contributed by atoms with E-state index in [4.69, 9.17) is 0 Å². The molecule has 2 aromatic rings. The van der Waals surface area contributed by atoms with Gasteiger partial charge in [0.05, 0.1) is 0 Å². The summed E-state index contributed by atoms with van der Waals surface area (Å²) in [5.41, 5.74) is -4.38. The van der Waals surface area contributed by atoms with E-state index in [0.29, 0.717) is 0 Å². The molecule has 1 N–H and O–H groups in total. The first-order valence-corrected chi connectivity index (χ1v) is 6.95. The first-order valence-electron chi connectivity index (χ1n) is 6.14. The molecule has 15 heteroatoms. The summed E-state index contributed by atoms with van der Waals surface area (Å²) in [4.78, 5) is 12.2. The molecule has 0 atom stereocenters. The van der Waals surface area contributed by atoms with Crippen molar-refractivity contribution in [2.75, 3.05) is 5.32 Å². The minimum Gasteiger partial charge on any atom is -0.316 e. The Morgan fingerprint density at radius 3 is 1.63 bits per heavy atom. The fraction of sp³-hybridized carbons (Fsp3) is 0.167. The SMILES string of the molecule is O=C(Nc1c(F)c(F)c(F)c(F)c1F)c1sc(C(F)(F)F)nc1C(F)(F)F. The Morgan fingerprint density at radius 2 is 1.22 bits per heavy atom. The molecule has 1 aromatic heterocycles. The van der Waals surface area contributed by atoms with E-state index in [-0.39, 0.29) is 0 Å². The third-order valence-electron chi connectivity index (χ3n) is 2.79. The predicted molar refractivity (Wildman–Crippen MR) is 66.3 cm³/mol. The van der Waals surface area contributed by atoms with Crippen molar-refractivity contribution in [1.82, 2.24) is 4.98 Å². The van der Waals surface area contributed by atoms with Gasteiger partial charge in [0.15, 0.2) is 34.0 Å². The third-order valence-corrected chi connectivity index (χ3v) is 3.89. The minimum absolute atomic E-state index is 0.831. The lowest BCUT2D eigenvalue weighted by Gasteiger charge is -2.10. The number of nitrogens with one attached hydrogen (secondary N) is 1. The van der Waals surface area contributed by atoms with E-state index in [9.17, 15) is 53.1 Å². The number of carbonyl (C=O) groups excluding carboxylic acids is 1. The number of alkyl halides is 6. The molecule has 0 fully saturated rings. The first-order chi connectivity index (χ1) is 12.2. The highest BCUT2D eigenvalue weighted by Crippen LogP contribution is 2.40. The van der Waals surface area contributed by atoms with E-state index in [2.05, 4.69) is 4.98 Å². The zero-order chi connectivity index (χ0) is 20.9. The van der Waals surface area contributed by atoms with Gasteiger partial charge >= 0.3 is 12.4 Å². The number of carbonyl (C=O) groups is 1. The molecule has 0 aliphatic rings. The summed E-state index contributed by atoms with van der Waals surface area (Å²) in [6.07, 6.45) is -11.0. The van der Waals surface area contributed by atoms with Crippen LogP contribution >= 0.6 is 11.3 Å². The van der Waals surface area contributed by atoms with Crippen molar-refractivity contribution in [2.24, 2.45) is 0 Å². The lowest BCUT2D eigenvalue weighted by atomic mass is 10.2. The molecule has 3 nitrogen and oxygen atoms in total. The van der Waals surface area contributed by atoms with Crippen molar-refractivity contribution in [1.29, 1.82) is 0 Å². The van der Waals surface area contributed by atoms with Gasteiger partial charge in [0, 0.05) is 0 Å². The number of anilines is 1. The van der Waals surface area contributed by atoms with E-state index in [1.54, 1.807) is 0 Å². The number of hydrogen-bond acceptors (Lipinski definition) is 3. The van der Waals surface area contributed by atoms with Crippen molar-refractivity contribution in [2.45, 2.75) is 12.4 Å². The van der Waals surface area contributed by atoms with Crippen LogP contribution in [0.5, 0.6) is 0 Å². The van der Waals surface area contributed by atoms with Crippen LogP contribution in [0.3, 0.4) is 0 Å². The summed E-state index contributed by atoms with van der Waals surface area (Å²) in [6, 6.07) is 0. The van der Waals surface area contributed by atoms with Crippen LogP contribution in [0.4, 0.5) is 54.0 Å². The molecule has 0 unspecified atom stereocenters. The van der Waals surface area contributed by atoms with Gasteiger partial charge in [-0.15, -0.1) is 11.3 Å². The van der Waals surface area contributed by atoms with Crippen LogP contribution in [0, 0.1) is 29.1 Å². The molecule has 0 radical (unpaired) electrons.